The third-order valence-corrected chi connectivity index (χ3v) is 5.90. The van der Waals surface area contributed by atoms with Crippen LogP contribution in [-0.4, -0.2) is 45.9 Å². The van der Waals surface area contributed by atoms with Crippen molar-refractivity contribution in [1.82, 2.24) is 19.7 Å². The first-order chi connectivity index (χ1) is 15.8. The molecule has 2 aromatic heterocycles. The molecule has 1 amide bonds. The molecule has 1 aromatic carbocycles. The van der Waals surface area contributed by atoms with E-state index in [1.54, 1.807) is 10.7 Å². The number of likely N-dealkylation sites (N-methyl/N-ethyl adjacent to an activating group) is 1. The quantitative estimate of drug-likeness (QED) is 0.592. The lowest BCUT2D eigenvalue weighted by atomic mass is 9.99. The molecule has 1 aliphatic heterocycles. The predicted molar refractivity (Wildman–Crippen MR) is 124 cm³/mol. The summed E-state index contributed by atoms with van der Waals surface area (Å²) in [5.41, 5.74) is 3.29. The van der Waals surface area contributed by atoms with E-state index in [1.165, 1.54) is 13.2 Å². The van der Waals surface area contributed by atoms with Crippen LogP contribution < -0.4 is 15.0 Å². The van der Waals surface area contributed by atoms with Crippen molar-refractivity contribution in [3.8, 4) is 5.75 Å². The summed E-state index contributed by atoms with van der Waals surface area (Å²) in [5, 5.41) is 7.38. The van der Waals surface area contributed by atoms with Crippen molar-refractivity contribution in [2.24, 2.45) is 5.92 Å². The van der Waals surface area contributed by atoms with Gasteiger partial charge in [0.2, 0.25) is 5.91 Å². The van der Waals surface area contributed by atoms with Gasteiger partial charge in [-0.2, -0.15) is 5.10 Å². The van der Waals surface area contributed by atoms with Gasteiger partial charge in [0.05, 0.1) is 25.5 Å². The third-order valence-electron chi connectivity index (χ3n) is 5.90. The van der Waals surface area contributed by atoms with E-state index in [2.05, 4.69) is 15.4 Å². The Kier molecular flexibility index (Phi) is 6.31. The van der Waals surface area contributed by atoms with Gasteiger partial charge in [-0.15, -0.1) is 0 Å². The maximum absolute atomic E-state index is 13.9. The van der Waals surface area contributed by atoms with Gasteiger partial charge in [-0.1, -0.05) is 19.9 Å². The Morgan fingerprint density at radius 3 is 2.70 bits per heavy atom. The van der Waals surface area contributed by atoms with Crippen LogP contribution in [0.15, 0.2) is 30.6 Å². The summed E-state index contributed by atoms with van der Waals surface area (Å²) in [6.45, 7) is 6.41. The van der Waals surface area contributed by atoms with Gasteiger partial charge >= 0.3 is 0 Å². The first kappa shape index (κ1) is 22.7. The molecule has 174 valence electrons. The maximum Gasteiger partial charge on any atom is 0.247 e. The molecule has 1 aliphatic rings. The maximum atomic E-state index is 13.9. The lowest BCUT2D eigenvalue weighted by molar-refractivity contribution is -0.118. The van der Waals surface area contributed by atoms with Gasteiger partial charge in [0.1, 0.15) is 17.6 Å². The highest BCUT2D eigenvalue weighted by Gasteiger charge is 2.35. The van der Waals surface area contributed by atoms with Gasteiger partial charge in [-0.25, -0.2) is 14.4 Å². The Hall–Kier alpha value is -3.49. The number of hydrogen-bond donors (Lipinski definition) is 1. The van der Waals surface area contributed by atoms with Crippen LogP contribution in [0.3, 0.4) is 0 Å². The van der Waals surface area contributed by atoms with Crippen molar-refractivity contribution in [2.75, 3.05) is 24.4 Å². The van der Waals surface area contributed by atoms with E-state index < -0.39 is 0 Å². The number of fused-ring (bicyclic) bond motifs is 1. The summed E-state index contributed by atoms with van der Waals surface area (Å²) < 4.78 is 20.7. The van der Waals surface area contributed by atoms with Crippen molar-refractivity contribution in [3.63, 3.8) is 0 Å². The number of nitrogens with one attached hydrogen (secondary N) is 1. The molecular formula is C24H29FN6O2. The number of hydrogen-bond acceptors (Lipinski definition) is 6. The van der Waals surface area contributed by atoms with E-state index in [0.29, 0.717) is 18.7 Å². The normalized spacial score (nSPS) is 15.5. The van der Waals surface area contributed by atoms with Crippen LogP contribution in [0.2, 0.25) is 0 Å². The van der Waals surface area contributed by atoms with Crippen LogP contribution >= 0.6 is 0 Å². The zero-order valence-corrected chi connectivity index (χ0v) is 19.6. The average molecular weight is 453 g/mol. The molecular weight excluding hydrogens is 423 g/mol. The number of benzene rings is 1. The molecule has 0 saturated heterocycles. The monoisotopic (exact) mass is 452 g/mol. The van der Waals surface area contributed by atoms with Crippen molar-refractivity contribution >= 4 is 17.4 Å². The number of rotatable bonds is 7. The molecule has 0 saturated carbocycles. The molecule has 33 heavy (non-hydrogen) atoms. The van der Waals surface area contributed by atoms with E-state index in [4.69, 9.17) is 9.72 Å². The fourth-order valence-corrected chi connectivity index (χ4v) is 4.26. The van der Waals surface area contributed by atoms with Gasteiger partial charge in [-0.3, -0.25) is 9.48 Å². The van der Waals surface area contributed by atoms with Crippen molar-refractivity contribution in [2.45, 2.75) is 46.2 Å². The molecule has 0 unspecified atom stereocenters. The van der Waals surface area contributed by atoms with Crippen LogP contribution in [0.25, 0.3) is 0 Å². The van der Waals surface area contributed by atoms with E-state index in [0.717, 1.165) is 34.9 Å². The summed E-state index contributed by atoms with van der Waals surface area (Å²) in [6, 6.07) is 4.64. The second kappa shape index (κ2) is 9.17. The van der Waals surface area contributed by atoms with Crippen molar-refractivity contribution < 1.29 is 13.9 Å². The first-order valence-electron chi connectivity index (χ1n) is 11.0. The molecule has 4 rings (SSSR count). The van der Waals surface area contributed by atoms with Crippen molar-refractivity contribution in [3.05, 3.63) is 59.1 Å². The van der Waals surface area contributed by atoms with Crippen LogP contribution in [0, 0.1) is 18.7 Å². The SMILES string of the molecule is COc1ccc(Cn2cc(CCc3nc(C)c4c(n3)N(C)[C@@H](C(C)C)C(=O)N4)cn2)cc1F. The largest absolute Gasteiger partial charge is 0.494 e. The Balaban J connectivity index is 1.45. The fraction of sp³-hybridized carbons (Fsp3) is 0.417. The summed E-state index contributed by atoms with van der Waals surface area (Å²) in [4.78, 5) is 23.8. The number of nitrogens with zero attached hydrogens (tertiary/aromatic N) is 5. The van der Waals surface area contributed by atoms with Crippen LogP contribution in [-0.2, 0) is 24.2 Å². The van der Waals surface area contributed by atoms with Gasteiger partial charge in [0.25, 0.3) is 0 Å². The summed E-state index contributed by atoms with van der Waals surface area (Å²) >= 11 is 0. The standard InChI is InChI=1S/C24H29FN6O2/c1-14(2)22-24(32)29-21-15(3)27-20(28-23(21)30(22)4)9-7-17-11-26-31(13-17)12-16-6-8-19(33-5)18(25)10-16/h6,8,10-11,13-14,22H,7,9,12H2,1-5H3,(H,29,32)/t22-/m0/s1. The second-order valence-corrected chi connectivity index (χ2v) is 8.73. The predicted octanol–water partition coefficient (Wildman–Crippen LogP) is 3.38. The Morgan fingerprint density at radius 1 is 1.21 bits per heavy atom. The Morgan fingerprint density at radius 2 is 2.00 bits per heavy atom. The minimum absolute atomic E-state index is 0.0244. The molecule has 0 spiro atoms. The first-order valence-corrected chi connectivity index (χ1v) is 11.0. The van der Waals surface area contributed by atoms with Gasteiger partial charge < -0.3 is 15.0 Å². The highest BCUT2D eigenvalue weighted by molar-refractivity contribution is 6.03. The zero-order valence-electron chi connectivity index (χ0n) is 19.6. The fourth-order valence-electron chi connectivity index (χ4n) is 4.26. The van der Waals surface area contributed by atoms with E-state index in [9.17, 15) is 9.18 Å². The number of carbonyl (C=O) groups is 1. The minimum Gasteiger partial charge on any atom is -0.494 e. The third kappa shape index (κ3) is 4.67. The van der Waals surface area contributed by atoms with Gasteiger partial charge in [-0.05, 0) is 42.5 Å². The Bertz CT molecular complexity index is 1180. The van der Waals surface area contributed by atoms with Gasteiger partial charge in [0, 0.05) is 19.7 Å². The molecule has 3 heterocycles. The molecule has 0 bridgehead atoms. The number of ether oxygens (including phenoxy) is 1. The van der Waals surface area contributed by atoms with E-state index >= 15 is 0 Å². The number of aryl methyl sites for hydroxylation is 3. The van der Waals surface area contributed by atoms with Crippen LogP contribution in [0.1, 0.15) is 36.5 Å². The molecule has 8 nitrogen and oxygen atoms in total. The van der Waals surface area contributed by atoms with Crippen molar-refractivity contribution in [1.29, 1.82) is 0 Å². The van der Waals surface area contributed by atoms with E-state index in [1.807, 2.05) is 51.2 Å². The van der Waals surface area contributed by atoms with Gasteiger partial charge in [0.15, 0.2) is 17.4 Å². The van der Waals surface area contributed by atoms with Crippen LogP contribution in [0.5, 0.6) is 5.75 Å². The molecule has 0 fully saturated rings. The highest BCUT2D eigenvalue weighted by atomic mass is 19.1. The van der Waals surface area contributed by atoms with E-state index in [-0.39, 0.29) is 29.4 Å². The highest BCUT2D eigenvalue weighted by Crippen LogP contribution is 2.33. The minimum atomic E-state index is -0.386. The second-order valence-electron chi connectivity index (χ2n) is 8.73. The number of amides is 1. The molecule has 1 atom stereocenters. The molecule has 1 N–H and O–H groups in total. The smallest absolute Gasteiger partial charge is 0.247 e. The Labute approximate surface area is 192 Å². The summed E-state index contributed by atoms with van der Waals surface area (Å²) in [5.74, 6) is 1.46. The average Bonchev–Trinajstić information content (AvgIpc) is 3.20. The lowest BCUT2D eigenvalue weighted by Crippen LogP contribution is -2.49. The number of methoxy groups -OCH3 is 1. The summed E-state index contributed by atoms with van der Waals surface area (Å²) in [7, 11) is 3.35. The molecule has 9 heteroatoms. The topological polar surface area (TPSA) is 85.2 Å². The number of anilines is 2. The number of aromatic nitrogens is 4. The molecule has 0 aliphatic carbocycles. The summed E-state index contributed by atoms with van der Waals surface area (Å²) in [6.07, 6.45) is 5.13. The number of halogens is 1. The zero-order chi connectivity index (χ0) is 23.7. The number of carbonyl (C=O) groups excluding carboxylic acids is 1. The molecule has 3 aromatic rings. The molecule has 0 radical (unpaired) electrons. The van der Waals surface area contributed by atoms with Crippen LogP contribution in [0.4, 0.5) is 15.9 Å². The lowest BCUT2D eigenvalue weighted by Gasteiger charge is -2.36.